The zero-order valence-electron chi connectivity index (χ0n) is 16.4. The monoisotopic (exact) mass is 366 g/mol. The fourth-order valence-electron chi connectivity index (χ4n) is 2.90. The number of carbonyl (C=O) groups is 1. The third kappa shape index (κ3) is 6.89. The lowest BCUT2D eigenvalue weighted by molar-refractivity contribution is 0.0943. The number of ketones is 1. The molecule has 0 fully saturated rings. The molecule has 4 heteroatoms. The van der Waals surface area contributed by atoms with Gasteiger partial charge < -0.3 is 9.73 Å². The van der Waals surface area contributed by atoms with Crippen LogP contribution in [-0.4, -0.2) is 10.8 Å². The quantitative estimate of drug-likeness (QED) is 0.451. The molecule has 4 nitrogen and oxygen atoms in total. The van der Waals surface area contributed by atoms with E-state index in [0.29, 0.717) is 12.2 Å². The smallest absolute Gasteiger partial charge is 0.263 e. The second-order valence-corrected chi connectivity index (χ2v) is 6.28. The Labute approximate surface area is 162 Å². The van der Waals surface area contributed by atoms with Crippen LogP contribution in [0.15, 0.2) is 65.4 Å². The predicted molar refractivity (Wildman–Crippen MR) is 110 cm³/mol. The topological polar surface area (TPSA) is 55.1 Å². The molecule has 144 valence electrons. The van der Waals surface area contributed by atoms with Crippen LogP contribution in [0, 0.1) is 0 Å². The van der Waals surface area contributed by atoms with Crippen LogP contribution in [-0.2, 0) is 6.42 Å². The number of nitrogens with one attached hydrogen (secondary N) is 1. The first-order valence-corrected chi connectivity index (χ1v) is 9.95. The molecule has 0 radical (unpaired) electrons. The Morgan fingerprint density at radius 3 is 2.59 bits per heavy atom. The number of Topliss-reactive ketones (excluding diaryl/α,β-unsaturated/α-hetero) is 1. The van der Waals surface area contributed by atoms with Crippen molar-refractivity contribution < 1.29 is 9.21 Å². The predicted octanol–water partition coefficient (Wildman–Crippen LogP) is 5.79. The molecule has 2 heterocycles. The van der Waals surface area contributed by atoms with Gasteiger partial charge in [0.1, 0.15) is 6.04 Å². The number of aryl methyl sites for hydroxylation is 1. The number of rotatable bonds is 9. The number of aromatic nitrogens is 1. The molecule has 27 heavy (non-hydrogen) atoms. The van der Waals surface area contributed by atoms with Crippen LogP contribution in [0.4, 0.5) is 0 Å². The third-order valence-electron chi connectivity index (χ3n) is 4.32. The molecule has 0 saturated heterocycles. The van der Waals surface area contributed by atoms with Crippen LogP contribution in [0.25, 0.3) is 0 Å². The highest BCUT2D eigenvalue weighted by Crippen LogP contribution is 2.19. The van der Waals surface area contributed by atoms with Crippen molar-refractivity contribution in [1.29, 1.82) is 0 Å². The number of benzene rings is 1. The van der Waals surface area contributed by atoms with E-state index in [4.69, 9.17) is 4.42 Å². The zero-order valence-corrected chi connectivity index (χ0v) is 16.4. The lowest BCUT2D eigenvalue weighted by atomic mass is 10.0. The summed E-state index contributed by atoms with van der Waals surface area (Å²) in [6, 6.07) is 10.5. The molecule has 1 unspecified atom stereocenters. The third-order valence-corrected chi connectivity index (χ3v) is 4.32. The summed E-state index contributed by atoms with van der Waals surface area (Å²) >= 11 is 0. The van der Waals surface area contributed by atoms with Gasteiger partial charge in [0.2, 0.25) is 5.78 Å². The number of hydrogen-bond acceptors (Lipinski definition) is 4. The first-order valence-electron chi connectivity index (χ1n) is 9.95. The van der Waals surface area contributed by atoms with E-state index < -0.39 is 0 Å². The van der Waals surface area contributed by atoms with E-state index >= 15 is 0 Å². The molecule has 0 saturated carbocycles. The van der Waals surface area contributed by atoms with E-state index in [1.165, 1.54) is 5.56 Å². The van der Waals surface area contributed by atoms with Gasteiger partial charge in [0.05, 0.1) is 6.20 Å². The van der Waals surface area contributed by atoms with Gasteiger partial charge in [-0.25, -0.2) is 4.98 Å². The van der Waals surface area contributed by atoms with Crippen molar-refractivity contribution in [3.63, 3.8) is 0 Å². The summed E-state index contributed by atoms with van der Waals surface area (Å²) in [7, 11) is 0. The van der Waals surface area contributed by atoms with E-state index in [-0.39, 0.29) is 17.7 Å². The molecule has 0 aliphatic carbocycles. The lowest BCUT2D eigenvalue weighted by Crippen LogP contribution is -2.14. The fourth-order valence-corrected chi connectivity index (χ4v) is 2.90. The molecule has 0 spiro atoms. The van der Waals surface area contributed by atoms with Gasteiger partial charge in [0.15, 0.2) is 5.76 Å². The number of allylic oxidation sites excluding steroid dienone is 2. The fraction of sp³-hybridized carbons (Fsp3) is 0.391. The second-order valence-electron chi connectivity index (χ2n) is 6.28. The molecule has 1 aromatic heterocycles. The van der Waals surface area contributed by atoms with Crippen LogP contribution < -0.4 is 5.32 Å². The molecular weight excluding hydrogens is 336 g/mol. The Kier molecular flexibility index (Phi) is 9.11. The Balaban J connectivity index is 0.00000126. The van der Waals surface area contributed by atoms with E-state index in [1.54, 1.807) is 6.20 Å². The van der Waals surface area contributed by atoms with Crippen molar-refractivity contribution in [2.24, 2.45) is 0 Å². The Morgan fingerprint density at radius 2 is 1.85 bits per heavy atom. The summed E-state index contributed by atoms with van der Waals surface area (Å²) in [6.07, 6.45) is 15.2. The van der Waals surface area contributed by atoms with Gasteiger partial charge in [-0.05, 0) is 37.1 Å². The number of unbranched alkanes of at least 4 members (excludes halogenated alkanes) is 3. The van der Waals surface area contributed by atoms with Crippen LogP contribution in [0.2, 0.25) is 0 Å². The number of oxazole rings is 1. The molecule has 1 N–H and O–H groups in total. The summed E-state index contributed by atoms with van der Waals surface area (Å²) in [5, 5.41) is 3.16. The van der Waals surface area contributed by atoms with E-state index in [9.17, 15) is 4.79 Å². The summed E-state index contributed by atoms with van der Waals surface area (Å²) < 4.78 is 5.61. The number of carbonyl (C=O) groups excluding carboxylic acids is 1. The van der Waals surface area contributed by atoms with Crippen molar-refractivity contribution in [1.82, 2.24) is 10.3 Å². The largest absolute Gasteiger partial charge is 0.436 e. The van der Waals surface area contributed by atoms with Crippen molar-refractivity contribution in [3.8, 4) is 0 Å². The van der Waals surface area contributed by atoms with E-state index in [1.807, 2.05) is 44.3 Å². The van der Waals surface area contributed by atoms with Gasteiger partial charge in [-0.3, -0.25) is 4.79 Å². The first kappa shape index (κ1) is 20.7. The van der Waals surface area contributed by atoms with Gasteiger partial charge in [-0.1, -0.05) is 69.2 Å². The Bertz CT molecular complexity index is 732. The lowest BCUT2D eigenvalue weighted by Gasteiger charge is -2.11. The number of nitrogens with zero attached hydrogens (tertiary/aromatic N) is 1. The van der Waals surface area contributed by atoms with Crippen LogP contribution in [0.1, 0.15) is 74.0 Å². The van der Waals surface area contributed by atoms with Crippen molar-refractivity contribution >= 4 is 5.78 Å². The van der Waals surface area contributed by atoms with Crippen molar-refractivity contribution in [2.75, 3.05) is 0 Å². The molecule has 3 rings (SSSR count). The van der Waals surface area contributed by atoms with E-state index in [2.05, 4.69) is 34.6 Å². The number of hydrogen-bond donors (Lipinski definition) is 1. The zero-order chi connectivity index (χ0) is 19.3. The molecule has 0 bridgehead atoms. The maximum absolute atomic E-state index is 12.2. The second kappa shape index (κ2) is 11.9. The van der Waals surface area contributed by atoms with Gasteiger partial charge >= 0.3 is 0 Å². The average Bonchev–Trinajstić information content (AvgIpc) is 3.24. The van der Waals surface area contributed by atoms with Crippen molar-refractivity contribution in [3.05, 3.63) is 78.2 Å². The Morgan fingerprint density at radius 1 is 1.07 bits per heavy atom. The van der Waals surface area contributed by atoms with Crippen LogP contribution in [0.3, 0.4) is 0 Å². The SMILES string of the molecule is CC.O=C(CCCCCCc1ccccc1)c1ncc(C2C=CC=CN2)o1. The maximum Gasteiger partial charge on any atom is 0.263 e. The molecule has 1 aliphatic heterocycles. The molecule has 2 aromatic rings. The maximum atomic E-state index is 12.2. The highest BCUT2D eigenvalue weighted by Gasteiger charge is 2.17. The Hall–Kier alpha value is -2.62. The molecule has 0 amide bonds. The van der Waals surface area contributed by atoms with Crippen LogP contribution >= 0.6 is 0 Å². The van der Waals surface area contributed by atoms with Gasteiger partial charge in [0, 0.05) is 6.42 Å². The molecular formula is C23H30N2O2. The van der Waals surface area contributed by atoms with E-state index in [0.717, 1.165) is 32.1 Å². The summed E-state index contributed by atoms with van der Waals surface area (Å²) in [5.41, 5.74) is 1.38. The molecule has 1 aromatic carbocycles. The normalized spacial score (nSPS) is 15.0. The average molecular weight is 367 g/mol. The standard InChI is InChI=1S/C21H24N2O2.C2H6/c24-19(14-7-2-1-4-10-17-11-5-3-6-12-17)21-23-16-20(25-21)18-13-8-9-15-22-18;1-2/h3,5-6,8-9,11-13,15-16,18,22H,1-2,4,7,10,14H2;1-2H3. The summed E-state index contributed by atoms with van der Waals surface area (Å²) in [5.74, 6) is 0.889. The van der Waals surface area contributed by atoms with Gasteiger partial charge in [-0.15, -0.1) is 0 Å². The highest BCUT2D eigenvalue weighted by molar-refractivity contribution is 5.91. The van der Waals surface area contributed by atoms with Crippen molar-refractivity contribution in [2.45, 2.75) is 58.4 Å². The minimum atomic E-state index is -0.0444. The summed E-state index contributed by atoms with van der Waals surface area (Å²) in [6.45, 7) is 4.00. The van der Waals surface area contributed by atoms with Gasteiger partial charge in [0.25, 0.3) is 5.89 Å². The molecule has 1 aliphatic rings. The minimum Gasteiger partial charge on any atom is -0.436 e. The summed E-state index contributed by atoms with van der Waals surface area (Å²) in [4.78, 5) is 16.3. The highest BCUT2D eigenvalue weighted by atomic mass is 16.4. The van der Waals surface area contributed by atoms with Crippen LogP contribution in [0.5, 0.6) is 0 Å². The molecule has 1 atom stereocenters. The minimum absolute atomic E-state index is 0.00959. The van der Waals surface area contributed by atoms with Gasteiger partial charge in [-0.2, -0.15) is 0 Å². The number of dihydropyridines is 1. The first-order chi connectivity index (χ1) is 13.3.